The van der Waals surface area contributed by atoms with Crippen LogP contribution in [0, 0.1) is 5.82 Å². The highest BCUT2D eigenvalue weighted by Crippen LogP contribution is 2.35. The maximum atomic E-state index is 13.2. The van der Waals surface area contributed by atoms with Crippen molar-refractivity contribution in [1.82, 2.24) is 14.8 Å². The van der Waals surface area contributed by atoms with Gasteiger partial charge in [-0.15, -0.1) is 10.2 Å². The molecular formula is C24H20ClFN4O2S. The third-order valence-electron chi connectivity index (χ3n) is 4.78. The third kappa shape index (κ3) is 5.91. The van der Waals surface area contributed by atoms with Gasteiger partial charge in [-0.1, -0.05) is 53.7 Å². The molecule has 1 heterocycles. The lowest BCUT2D eigenvalue weighted by Crippen LogP contribution is -2.19. The summed E-state index contributed by atoms with van der Waals surface area (Å²) < 4.78 is 20.8. The Bertz CT molecular complexity index is 1220. The van der Waals surface area contributed by atoms with Gasteiger partial charge in [0.1, 0.15) is 23.4 Å². The minimum atomic E-state index is -0.593. The van der Waals surface area contributed by atoms with Crippen LogP contribution in [0.3, 0.4) is 0 Å². The van der Waals surface area contributed by atoms with Gasteiger partial charge in [-0.05, 0) is 54.1 Å². The van der Waals surface area contributed by atoms with Gasteiger partial charge in [0.25, 0.3) is 0 Å². The van der Waals surface area contributed by atoms with Gasteiger partial charge in [0, 0.05) is 17.8 Å². The molecule has 1 N–H and O–H groups in total. The first-order valence-corrected chi connectivity index (χ1v) is 11.3. The molecule has 0 saturated carbocycles. The van der Waals surface area contributed by atoms with Crippen molar-refractivity contribution in [3.05, 3.63) is 101 Å². The molecule has 33 heavy (non-hydrogen) atoms. The van der Waals surface area contributed by atoms with Gasteiger partial charge in [0.15, 0.2) is 11.0 Å². The number of nitrogens with one attached hydrogen (secondary N) is 1. The number of benzene rings is 3. The van der Waals surface area contributed by atoms with Crippen molar-refractivity contribution < 1.29 is 13.9 Å². The second-order valence-electron chi connectivity index (χ2n) is 7.11. The van der Waals surface area contributed by atoms with E-state index in [0.717, 1.165) is 5.56 Å². The molecule has 0 aliphatic carbocycles. The number of nitrogens with zero attached hydrogens (tertiary/aromatic N) is 3. The molecule has 0 bridgehead atoms. The Kier molecular flexibility index (Phi) is 7.26. The normalized spacial score (nSPS) is 11.7. The number of hydrogen-bond acceptors (Lipinski definition) is 5. The molecule has 1 unspecified atom stereocenters. The van der Waals surface area contributed by atoms with E-state index >= 15 is 0 Å². The number of thioether (sulfide) groups is 1. The highest BCUT2D eigenvalue weighted by Gasteiger charge is 2.25. The monoisotopic (exact) mass is 482 g/mol. The quantitative estimate of drug-likeness (QED) is 0.328. The molecule has 0 fully saturated rings. The zero-order valence-electron chi connectivity index (χ0n) is 17.6. The molecule has 0 aliphatic heterocycles. The van der Waals surface area contributed by atoms with E-state index in [4.69, 9.17) is 16.3 Å². The zero-order valence-corrected chi connectivity index (χ0v) is 19.2. The predicted molar refractivity (Wildman–Crippen MR) is 127 cm³/mol. The van der Waals surface area contributed by atoms with E-state index in [0.29, 0.717) is 27.4 Å². The summed E-state index contributed by atoms with van der Waals surface area (Å²) in [4.78, 5) is 13.1. The van der Waals surface area contributed by atoms with Crippen LogP contribution in [-0.2, 0) is 18.4 Å². The van der Waals surface area contributed by atoms with Gasteiger partial charge in [-0.3, -0.25) is 4.79 Å². The van der Waals surface area contributed by atoms with Crippen LogP contribution in [0.4, 0.5) is 10.1 Å². The Morgan fingerprint density at radius 2 is 1.76 bits per heavy atom. The lowest BCUT2D eigenvalue weighted by molar-refractivity contribution is -0.115. The first-order valence-electron chi connectivity index (χ1n) is 10.0. The van der Waals surface area contributed by atoms with E-state index in [9.17, 15) is 9.18 Å². The molecule has 0 saturated heterocycles. The molecule has 0 spiro atoms. The molecular weight excluding hydrogens is 463 g/mol. The maximum absolute atomic E-state index is 13.2. The van der Waals surface area contributed by atoms with Crippen molar-refractivity contribution in [3.63, 3.8) is 0 Å². The van der Waals surface area contributed by atoms with Crippen LogP contribution in [0.15, 0.2) is 84.0 Å². The highest BCUT2D eigenvalue weighted by atomic mass is 35.5. The van der Waals surface area contributed by atoms with Crippen molar-refractivity contribution in [1.29, 1.82) is 0 Å². The molecule has 9 heteroatoms. The van der Waals surface area contributed by atoms with Gasteiger partial charge in [-0.2, -0.15) is 0 Å². The van der Waals surface area contributed by atoms with Crippen LogP contribution in [-0.4, -0.2) is 20.7 Å². The lowest BCUT2D eigenvalue weighted by Gasteiger charge is -2.16. The number of halogens is 2. The van der Waals surface area contributed by atoms with Gasteiger partial charge in [0.05, 0.1) is 0 Å². The minimum Gasteiger partial charge on any atom is -0.486 e. The van der Waals surface area contributed by atoms with Crippen LogP contribution in [0.5, 0.6) is 5.75 Å². The van der Waals surface area contributed by atoms with E-state index in [1.165, 1.54) is 36.0 Å². The molecule has 4 rings (SSSR count). The Hall–Kier alpha value is -3.36. The summed E-state index contributed by atoms with van der Waals surface area (Å²) in [6.07, 6.45) is 0. The highest BCUT2D eigenvalue weighted by molar-refractivity contribution is 8.00. The van der Waals surface area contributed by atoms with Gasteiger partial charge < -0.3 is 14.6 Å². The standard InChI is InChI=1S/C24H20ClFN4O2S/c1-30-21(15-32-20-13-7-17(25)8-14-20)28-29-24(30)33-22(16-5-3-2-4-6-16)23(31)27-19-11-9-18(26)10-12-19/h2-14,22H,15H2,1H3,(H,27,31). The summed E-state index contributed by atoms with van der Waals surface area (Å²) in [6.45, 7) is 0.212. The number of anilines is 1. The average Bonchev–Trinajstić information content (AvgIpc) is 3.18. The third-order valence-corrected chi connectivity index (χ3v) is 6.32. The van der Waals surface area contributed by atoms with Crippen LogP contribution < -0.4 is 10.1 Å². The molecule has 1 amide bonds. The van der Waals surface area contributed by atoms with E-state index in [2.05, 4.69) is 15.5 Å². The Balaban J connectivity index is 1.50. The maximum Gasteiger partial charge on any atom is 0.242 e. The number of carbonyl (C=O) groups excluding carboxylic acids is 1. The fourth-order valence-corrected chi connectivity index (χ4v) is 4.15. The van der Waals surface area contributed by atoms with E-state index in [1.807, 2.05) is 37.4 Å². The van der Waals surface area contributed by atoms with Crippen molar-refractivity contribution in [2.75, 3.05) is 5.32 Å². The smallest absolute Gasteiger partial charge is 0.242 e. The summed E-state index contributed by atoms with van der Waals surface area (Å²) >= 11 is 7.18. The first kappa shape index (κ1) is 22.8. The second-order valence-corrected chi connectivity index (χ2v) is 8.61. The predicted octanol–water partition coefficient (Wildman–Crippen LogP) is 5.66. The molecule has 3 aromatic carbocycles. The number of amides is 1. The van der Waals surface area contributed by atoms with E-state index in [1.54, 1.807) is 28.8 Å². The molecule has 4 aromatic rings. The van der Waals surface area contributed by atoms with Crippen molar-refractivity contribution in [2.45, 2.75) is 17.0 Å². The van der Waals surface area contributed by atoms with E-state index in [-0.39, 0.29) is 18.3 Å². The lowest BCUT2D eigenvalue weighted by atomic mass is 10.1. The van der Waals surface area contributed by atoms with Crippen LogP contribution >= 0.6 is 23.4 Å². The minimum absolute atomic E-state index is 0.212. The number of hydrogen-bond donors (Lipinski definition) is 1. The van der Waals surface area contributed by atoms with Crippen LogP contribution in [0.1, 0.15) is 16.6 Å². The van der Waals surface area contributed by atoms with Gasteiger partial charge >= 0.3 is 0 Å². The second kappa shape index (κ2) is 10.5. The summed E-state index contributed by atoms with van der Waals surface area (Å²) in [5.74, 6) is 0.657. The van der Waals surface area contributed by atoms with Crippen LogP contribution in [0.25, 0.3) is 0 Å². The van der Waals surface area contributed by atoms with E-state index < -0.39 is 5.25 Å². The fraction of sp³-hybridized carbons (Fsp3) is 0.125. The molecule has 0 aliphatic rings. The fourth-order valence-electron chi connectivity index (χ4n) is 3.00. The molecule has 1 atom stereocenters. The SMILES string of the molecule is Cn1c(COc2ccc(Cl)cc2)nnc1SC(C(=O)Nc1ccc(F)cc1)c1ccccc1. The first-order chi connectivity index (χ1) is 16.0. The number of aromatic nitrogens is 3. The number of carbonyl (C=O) groups is 1. The molecule has 168 valence electrons. The van der Waals surface area contributed by atoms with Crippen LogP contribution in [0.2, 0.25) is 5.02 Å². The Labute approximate surface area is 199 Å². The van der Waals surface area contributed by atoms with Crippen molar-refractivity contribution in [2.24, 2.45) is 7.05 Å². The Morgan fingerprint density at radius 3 is 2.45 bits per heavy atom. The van der Waals surface area contributed by atoms with Crippen molar-refractivity contribution in [3.8, 4) is 5.75 Å². The molecule has 1 aromatic heterocycles. The van der Waals surface area contributed by atoms with Crippen molar-refractivity contribution >= 4 is 35.0 Å². The number of ether oxygens (including phenoxy) is 1. The summed E-state index contributed by atoms with van der Waals surface area (Å²) in [5.41, 5.74) is 1.32. The summed E-state index contributed by atoms with van der Waals surface area (Å²) in [7, 11) is 1.82. The zero-order chi connectivity index (χ0) is 23.2. The topological polar surface area (TPSA) is 69.0 Å². The Morgan fingerprint density at radius 1 is 1.06 bits per heavy atom. The summed E-state index contributed by atoms with van der Waals surface area (Å²) in [6, 6.07) is 22.1. The average molecular weight is 483 g/mol. The summed E-state index contributed by atoms with van der Waals surface area (Å²) in [5, 5.41) is 11.9. The largest absolute Gasteiger partial charge is 0.486 e. The number of rotatable bonds is 8. The van der Waals surface area contributed by atoms with Gasteiger partial charge in [0.2, 0.25) is 5.91 Å². The van der Waals surface area contributed by atoms with Gasteiger partial charge in [-0.25, -0.2) is 4.39 Å². The molecule has 6 nitrogen and oxygen atoms in total. The molecule has 0 radical (unpaired) electrons.